The molecule has 0 fully saturated rings. The van der Waals surface area contributed by atoms with Crippen LogP contribution in [0.3, 0.4) is 0 Å². The molecule has 0 aliphatic rings. The summed E-state index contributed by atoms with van der Waals surface area (Å²) in [5.74, 6) is -0.354. The summed E-state index contributed by atoms with van der Waals surface area (Å²) in [6.07, 6.45) is 18.8. The van der Waals surface area contributed by atoms with E-state index in [9.17, 15) is 10.0 Å². The van der Waals surface area contributed by atoms with Gasteiger partial charge in [0.1, 0.15) is 0 Å². The minimum absolute atomic E-state index is 0.354. The van der Waals surface area contributed by atoms with Gasteiger partial charge in [-0.2, -0.15) is 0 Å². The zero-order chi connectivity index (χ0) is 18.0. The van der Waals surface area contributed by atoms with Gasteiger partial charge in [-0.05, 0) is 12.8 Å². The van der Waals surface area contributed by atoms with E-state index >= 15 is 0 Å². The minimum atomic E-state index is -0.568. The molecule has 0 spiro atoms. The molecule has 0 aromatic rings. The maximum atomic E-state index is 11.6. The molecule has 0 aliphatic heterocycles. The second-order valence-corrected chi connectivity index (χ2v) is 7.07. The Balaban J connectivity index is 3.24. The van der Waals surface area contributed by atoms with Gasteiger partial charge in [-0.1, -0.05) is 97.3 Å². The zero-order valence-corrected chi connectivity index (χ0v) is 16.3. The highest BCUT2D eigenvalue weighted by molar-refractivity contribution is 5.80. The van der Waals surface area contributed by atoms with E-state index in [2.05, 4.69) is 6.92 Å². The van der Waals surface area contributed by atoms with Crippen LogP contribution in [0.4, 0.5) is 0 Å². The molecule has 4 heteroatoms. The quantitative estimate of drug-likeness (QED) is 0.211. The second kappa shape index (κ2) is 17.2. The summed E-state index contributed by atoms with van der Waals surface area (Å²) >= 11 is 0. The molecule has 0 heterocycles. The Labute approximate surface area is 150 Å². The first kappa shape index (κ1) is 23.4. The molecule has 0 bridgehead atoms. The molecule has 0 rings (SSSR count). The van der Waals surface area contributed by atoms with Crippen molar-refractivity contribution in [3.8, 4) is 0 Å². The predicted molar refractivity (Wildman–Crippen MR) is 102 cm³/mol. The van der Waals surface area contributed by atoms with Gasteiger partial charge < -0.3 is 5.73 Å². The van der Waals surface area contributed by atoms with E-state index < -0.39 is 6.04 Å². The highest BCUT2D eigenvalue weighted by atomic mass is 16.5. The molecule has 0 saturated carbocycles. The van der Waals surface area contributed by atoms with Crippen molar-refractivity contribution < 1.29 is 10.0 Å². The van der Waals surface area contributed by atoms with Crippen LogP contribution in [0, 0.1) is 0 Å². The minimum Gasteiger partial charge on any atom is -0.320 e. The number of amides is 1. The molecular formula is C20H42N2O2. The molecular weight excluding hydrogens is 300 g/mol. The van der Waals surface area contributed by atoms with Gasteiger partial charge in [-0.25, -0.2) is 5.06 Å². The summed E-state index contributed by atoms with van der Waals surface area (Å²) in [6, 6.07) is -0.568. The number of nitrogens with two attached hydrogens (primary N) is 1. The molecule has 1 atom stereocenters. The van der Waals surface area contributed by atoms with Crippen molar-refractivity contribution in [2.75, 3.05) is 6.54 Å². The molecule has 0 aliphatic carbocycles. The monoisotopic (exact) mass is 342 g/mol. The number of carbonyl (C=O) groups excluding carboxylic acids is 1. The van der Waals surface area contributed by atoms with Gasteiger partial charge in [-0.15, -0.1) is 0 Å². The lowest BCUT2D eigenvalue weighted by Gasteiger charge is -2.18. The Morgan fingerprint density at radius 3 is 1.54 bits per heavy atom. The molecule has 24 heavy (non-hydrogen) atoms. The molecule has 0 aromatic heterocycles. The zero-order valence-electron chi connectivity index (χ0n) is 16.3. The van der Waals surface area contributed by atoms with Gasteiger partial charge in [0.15, 0.2) is 0 Å². The number of hydroxylamine groups is 2. The topological polar surface area (TPSA) is 66.6 Å². The summed E-state index contributed by atoms with van der Waals surface area (Å²) in [7, 11) is 0. The highest BCUT2D eigenvalue weighted by Crippen LogP contribution is 2.13. The third kappa shape index (κ3) is 13.8. The average molecular weight is 343 g/mol. The summed E-state index contributed by atoms with van der Waals surface area (Å²) in [5, 5.41) is 10.4. The van der Waals surface area contributed by atoms with Crippen LogP contribution in [0.15, 0.2) is 0 Å². The number of carbonyl (C=O) groups is 1. The molecule has 4 nitrogen and oxygen atoms in total. The molecule has 0 saturated heterocycles. The third-order valence-corrected chi connectivity index (χ3v) is 4.73. The Kier molecular flexibility index (Phi) is 16.8. The van der Waals surface area contributed by atoms with Crippen molar-refractivity contribution in [2.45, 2.75) is 116 Å². The lowest BCUT2D eigenvalue weighted by molar-refractivity contribution is -0.167. The van der Waals surface area contributed by atoms with Gasteiger partial charge in [0.25, 0.3) is 5.91 Å². The van der Waals surface area contributed by atoms with Crippen molar-refractivity contribution in [3.63, 3.8) is 0 Å². The first-order valence-corrected chi connectivity index (χ1v) is 10.4. The van der Waals surface area contributed by atoms with Crippen LogP contribution >= 0.6 is 0 Å². The van der Waals surface area contributed by atoms with Gasteiger partial charge in [-0.3, -0.25) is 10.0 Å². The lowest BCUT2D eigenvalue weighted by atomic mass is 10.0. The summed E-state index contributed by atoms with van der Waals surface area (Å²) < 4.78 is 0. The van der Waals surface area contributed by atoms with E-state index in [0.717, 1.165) is 17.9 Å². The van der Waals surface area contributed by atoms with Crippen LogP contribution in [0.5, 0.6) is 0 Å². The number of unbranched alkanes of at least 4 members (excludes halogenated alkanes) is 13. The standard InChI is InChI=1S/C20H42N2O2/c1-3-5-6-7-8-9-10-11-12-13-14-15-16-17-18-22(24)20(23)19(21)4-2/h19,24H,3-18,21H2,1-2H3/t19-/m0/s1. The number of nitrogens with zero attached hydrogens (tertiary/aromatic N) is 1. The number of hydrogen-bond acceptors (Lipinski definition) is 3. The maximum Gasteiger partial charge on any atom is 0.262 e. The fourth-order valence-corrected chi connectivity index (χ4v) is 2.93. The maximum absolute atomic E-state index is 11.6. The summed E-state index contributed by atoms with van der Waals surface area (Å²) in [6.45, 7) is 4.52. The molecule has 3 N–H and O–H groups in total. The van der Waals surface area contributed by atoms with E-state index in [1.165, 1.54) is 77.0 Å². The van der Waals surface area contributed by atoms with E-state index in [0.29, 0.717) is 13.0 Å². The van der Waals surface area contributed by atoms with Crippen molar-refractivity contribution in [2.24, 2.45) is 5.73 Å². The van der Waals surface area contributed by atoms with Crippen molar-refractivity contribution >= 4 is 5.91 Å². The first-order valence-electron chi connectivity index (χ1n) is 10.4. The number of rotatable bonds is 17. The van der Waals surface area contributed by atoms with Crippen molar-refractivity contribution in [3.05, 3.63) is 0 Å². The molecule has 0 unspecified atom stereocenters. The smallest absolute Gasteiger partial charge is 0.262 e. The van der Waals surface area contributed by atoms with Crippen LogP contribution in [-0.4, -0.2) is 28.8 Å². The second-order valence-electron chi connectivity index (χ2n) is 7.07. The molecule has 1 amide bonds. The van der Waals surface area contributed by atoms with E-state index in [4.69, 9.17) is 5.73 Å². The summed E-state index contributed by atoms with van der Waals surface area (Å²) in [5.41, 5.74) is 5.62. The Hall–Kier alpha value is -0.610. The van der Waals surface area contributed by atoms with Crippen LogP contribution in [0.1, 0.15) is 110 Å². The Bertz CT molecular complexity index is 285. The fraction of sp³-hybridized carbons (Fsp3) is 0.950. The molecule has 0 aromatic carbocycles. The summed E-state index contributed by atoms with van der Waals surface area (Å²) in [4.78, 5) is 11.6. The van der Waals surface area contributed by atoms with Crippen molar-refractivity contribution in [1.82, 2.24) is 5.06 Å². The van der Waals surface area contributed by atoms with E-state index in [1.54, 1.807) is 0 Å². The molecule has 144 valence electrons. The highest BCUT2D eigenvalue weighted by Gasteiger charge is 2.16. The first-order chi connectivity index (χ1) is 11.6. The van der Waals surface area contributed by atoms with E-state index in [1.807, 2.05) is 6.92 Å². The fourth-order valence-electron chi connectivity index (χ4n) is 2.93. The van der Waals surface area contributed by atoms with E-state index in [-0.39, 0.29) is 5.91 Å². The van der Waals surface area contributed by atoms with Crippen LogP contribution < -0.4 is 5.73 Å². The lowest BCUT2D eigenvalue weighted by Crippen LogP contribution is -2.42. The third-order valence-electron chi connectivity index (χ3n) is 4.73. The average Bonchev–Trinajstić information content (AvgIpc) is 2.60. The normalized spacial score (nSPS) is 12.3. The van der Waals surface area contributed by atoms with Gasteiger partial charge in [0, 0.05) is 6.54 Å². The Morgan fingerprint density at radius 1 is 0.792 bits per heavy atom. The van der Waals surface area contributed by atoms with Crippen molar-refractivity contribution in [1.29, 1.82) is 0 Å². The Morgan fingerprint density at radius 2 is 1.17 bits per heavy atom. The largest absolute Gasteiger partial charge is 0.320 e. The predicted octanol–water partition coefficient (Wildman–Crippen LogP) is 5.42. The van der Waals surface area contributed by atoms with Crippen LogP contribution in [0.25, 0.3) is 0 Å². The molecule has 0 radical (unpaired) electrons. The van der Waals surface area contributed by atoms with Crippen LogP contribution in [0.2, 0.25) is 0 Å². The van der Waals surface area contributed by atoms with Gasteiger partial charge in [0.2, 0.25) is 0 Å². The van der Waals surface area contributed by atoms with Gasteiger partial charge >= 0.3 is 0 Å². The van der Waals surface area contributed by atoms with Crippen LogP contribution in [-0.2, 0) is 4.79 Å². The number of hydrogen-bond donors (Lipinski definition) is 2. The van der Waals surface area contributed by atoms with Gasteiger partial charge in [0.05, 0.1) is 6.04 Å². The SMILES string of the molecule is CCCCCCCCCCCCCCCCN(O)C(=O)[C@@H](N)CC.